The highest BCUT2D eigenvalue weighted by Gasteiger charge is 2.24. The lowest BCUT2D eigenvalue weighted by atomic mass is 10.1. The van der Waals surface area contributed by atoms with Crippen molar-refractivity contribution in [1.29, 1.82) is 0 Å². The van der Waals surface area contributed by atoms with E-state index in [-0.39, 0.29) is 11.2 Å². The van der Waals surface area contributed by atoms with Crippen LogP contribution in [0.15, 0.2) is 29.4 Å². The number of amides is 1. The molecule has 1 saturated heterocycles. The highest BCUT2D eigenvalue weighted by molar-refractivity contribution is 8.00. The van der Waals surface area contributed by atoms with E-state index in [2.05, 4.69) is 10.2 Å². The summed E-state index contributed by atoms with van der Waals surface area (Å²) in [6.07, 6.45) is 3.41. The van der Waals surface area contributed by atoms with Gasteiger partial charge in [0.25, 0.3) is 0 Å². The fourth-order valence-electron chi connectivity index (χ4n) is 2.83. The second-order valence-electron chi connectivity index (χ2n) is 6.35. The van der Waals surface area contributed by atoms with Gasteiger partial charge in [0, 0.05) is 25.2 Å². The van der Waals surface area contributed by atoms with E-state index in [1.165, 1.54) is 18.2 Å². The summed E-state index contributed by atoms with van der Waals surface area (Å²) in [5.41, 5.74) is 0. The van der Waals surface area contributed by atoms with Gasteiger partial charge >= 0.3 is 0 Å². The number of hydrogen-bond donors (Lipinski definition) is 0. The first-order valence-electron chi connectivity index (χ1n) is 8.76. The van der Waals surface area contributed by atoms with Gasteiger partial charge in [-0.25, -0.2) is 0 Å². The maximum absolute atomic E-state index is 12.6. The van der Waals surface area contributed by atoms with Crippen molar-refractivity contribution in [3.63, 3.8) is 0 Å². The number of aromatic nitrogens is 3. The van der Waals surface area contributed by atoms with E-state index in [1.807, 2.05) is 35.6 Å². The van der Waals surface area contributed by atoms with E-state index < -0.39 is 0 Å². The molecule has 1 atom stereocenters. The lowest BCUT2D eigenvalue weighted by Gasteiger charge is -2.28. The van der Waals surface area contributed by atoms with Gasteiger partial charge in [0.15, 0.2) is 11.0 Å². The standard InChI is InChI=1S/C18H23ClN4O2S/c1-13(17(24)23-10-4-3-5-11-23)26-18-21-20-16(22(18)2)12-25-15-8-6-14(19)7-9-15/h6-9,13H,3-5,10-12H2,1-2H3/t13-/m1/s1. The second-order valence-corrected chi connectivity index (χ2v) is 8.09. The second kappa shape index (κ2) is 8.77. The monoisotopic (exact) mass is 394 g/mol. The first-order valence-corrected chi connectivity index (χ1v) is 10.0. The van der Waals surface area contributed by atoms with Gasteiger partial charge in [0.1, 0.15) is 12.4 Å². The summed E-state index contributed by atoms with van der Waals surface area (Å²) in [5, 5.41) is 9.61. The van der Waals surface area contributed by atoms with Crippen LogP contribution < -0.4 is 4.74 Å². The minimum absolute atomic E-state index is 0.177. The van der Waals surface area contributed by atoms with Crippen LogP contribution in [0.25, 0.3) is 0 Å². The Bertz CT molecular complexity index is 744. The zero-order valence-corrected chi connectivity index (χ0v) is 16.6. The smallest absolute Gasteiger partial charge is 0.235 e. The number of likely N-dealkylation sites (tertiary alicyclic amines) is 1. The fourth-order valence-corrected chi connectivity index (χ4v) is 3.88. The van der Waals surface area contributed by atoms with Crippen molar-refractivity contribution in [1.82, 2.24) is 19.7 Å². The minimum atomic E-state index is -0.180. The normalized spacial score (nSPS) is 15.7. The summed E-state index contributed by atoms with van der Waals surface area (Å²) >= 11 is 7.31. The number of halogens is 1. The molecule has 3 rings (SSSR count). The van der Waals surface area contributed by atoms with Gasteiger partial charge in [-0.1, -0.05) is 23.4 Å². The molecule has 0 aliphatic carbocycles. The molecule has 0 radical (unpaired) electrons. The van der Waals surface area contributed by atoms with E-state index in [0.29, 0.717) is 17.5 Å². The highest BCUT2D eigenvalue weighted by atomic mass is 35.5. The van der Waals surface area contributed by atoms with Crippen molar-refractivity contribution in [2.75, 3.05) is 13.1 Å². The molecule has 0 unspecified atom stereocenters. The minimum Gasteiger partial charge on any atom is -0.486 e. The Hall–Kier alpha value is -1.73. The SMILES string of the molecule is C[C@@H](Sc1nnc(COc2ccc(Cl)cc2)n1C)C(=O)N1CCCCC1. The number of rotatable bonds is 6. The van der Waals surface area contributed by atoms with Crippen LogP contribution in [0.5, 0.6) is 5.75 Å². The largest absolute Gasteiger partial charge is 0.486 e. The zero-order valence-electron chi connectivity index (χ0n) is 15.0. The van der Waals surface area contributed by atoms with Gasteiger partial charge < -0.3 is 14.2 Å². The van der Waals surface area contributed by atoms with E-state index in [0.717, 1.165) is 36.8 Å². The summed E-state index contributed by atoms with van der Waals surface area (Å²) in [6.45, 7) is 3.96. The van der Waals surface area contributed by atoms with E-state index >= 15 is 0 Å². The number of carbonyl (C=O) groups excluding carboxylic acids is 1. The van der Waals surface area contributed by atoms with Crippen molar-refractivity contribution in [3.8, 4) is 5.75 Å². The molecule has 1 fully saturated rings. The molecule has 1 aliphatic rings. The number of hydrogen-bond acceptors (Lipinski definition) is 5. The third-order valence-electron chi connectivity index (χ3n) is 4.40. The molecule has 1 aromatic carbocycles. The van der Waals surface area contributed by atoms with Gasteiger partial charge in [-0.05, 0) is 50.5 Å². The van der Waals surface area contributed by atoms with Crippen LogP contribution in [0.2, 0.25) is 5.02 Å². The molecule has 26 heavy (non-hydrogen) atoms. The molecule has 2 heterocycles. The first-order chi connectivity index (χ1) is 12.5. The third-order valence-corrected chi connectivity index (χ3v) is 5.78. The molecule has 0 N–H and O–H groups in total. The molecule has 140 valence electrons. The molecule has 0 spiro atoms. The molecule has 1 aromatic heterocycles. The van der Waals surface area contributed by atoms with Crippen molar-refractivity contribution in [2.24, 2.45) is 7.05 Å². The highest BCUT2D eigenvalue weighted by Crippen LogP contribution is 2.24. The molecule has 0 bridgehead atoms. The molecule has 2 aromatic rings. The topological polar surface area (TPSA) is 60.3 Å². The van der Waals surface area contributed by atoms with Gasteiger partial charge in [-0.3, -0.25) is 4.79 Å². The van der Waals surface area contributed by atoms with Crippen LogP contribution in [0.1, 0.15) is 32.0 Å². The van der Waals surface area contributed by atoms with E-state index in [9.17, 15) is 4.79 Å². The Morgan fingerprint density at radius 2 is 1.92 bits per heavy atom. The van der Waals surface area contributed by atoms with Crippen molar-refractivity contribution in [2.45, 2.75) is 43.2 Å². The molecule has 8 heteroatoms. The number of nitrogens with zero attached hydrogens (tertiary/aromatic N) is 4. The average Bonchev–Trinajstić information content (AvgIpc) is 3.01. The van der Waals surface area contributed by atoms with E-state index in [4.69, 9.17) is 16.3 Å². The van der Waals surface area contributed by atoms with Crippen LogP contribution in [0.4, 0.5) is 0 Å². The lowest BCUT2D eigenvalue weighted by molar-refractivity contribution is -0.131. The Morgan fingerprint density at radius 1 is 1.23 bits per heavy atom. The van der Waals surface area contributed by atoms with Crippen LogP contribution in [0, 0.1) is 0 Å². The Labute approximate surface area is 162 Å². The summed E-state index contributed by atoms with van der Waals surface area (Å²) in [4.78, 5) is 14.5. The van der Waals surface area contributed by atoms with E-state index in [1.54, 1.807) is 12.1 Å². The number of benzene rings is 1. The van der Waals surface area contributed by atoms with Crippen LogP contribution in [-0.2, 0) is 18.4 Å². The molecular weight excluding hydrogens is 372 g/mol. The van der Waals surface area contributed by atoms with Crippen LogP contribution in [0.3, 0.4) is 0 Å². The summed E-state index contributed by atoms with van der Waals surface area (Å²) in [7, 11) is 1.89. The Balaban J connectivity index is 1.57. The van der Waals surface area contributed by atoms with Crippen LogP contribution in [-0.4, -0.2) is 43.9 Å². The number of carbonyl (C=O) groups is 1. The Kier molecular flexibility index (Phi) is 6.43. The fraction of sp³-hybridized carbons (Fsp3) is 0.500. The average molecular weight is 395 g/mol. The van der Waals surface area contributed by atoms with Gasteiger partial charge in [0.2, 0.25) is 5.91 Å². The molecular formula is C18H23ClN4O2S. The molecule has 1 amide bonds. The number of ether oxygens (including phenoxy) is 1. The van der Waals surface area contributed by atoms with Gasteiger partial charge in [-0.15, -0.1) is 10.2 Å². The quantitative estimate of drug-likeness (QED) is 0.701. The third kappa shape index (κ3) is 4.71. The predicted molar refractivity (Wildman–Crippen MR) is 103 cm³/mol. The summed E-state index contributed by atoms with van der Waals surface area (Å²) < 4.78 is 7.60. The van der Waals surface area contributed by atoms with Crippen molar-refractivity contribution < 1.29 is 9.53 Å². The molecule has 0 saturated carbocycles. The van der Waals surface area contributed by atoms with Gasteiger partial charge in [-0.2, -0.15) is 0 Å². The maximum Gasteiger partial charge on any atom is 0.235 e. The number of piperidine rings is 1. The van der Waals surface area contributed by atoms with Crippen molar-refractivity contribution in [3.05, 3.63) is 35.1 Å². The summed E-state index contributed by atoms with van der Waals surface area (Å²) in [5.74, 6) is 1.61. The maximum atomic E-state index is 12.6. The van der Waals surface area contributed by atoms with Crippen molar-refractivity contribution >= 4 is 29.3 Å². The summed E-state index contributed by atoms with van der Waals surface area (Å²) in [6, 6.07) is 7.19. The Morgan fingerprint density at radius 3 is 2.62 bits per heavy atom. The number of thioether (sulfide) groups is 1. The molecule has 1 aliphatic heterocycles. The first kappa shape index (κ1) is 19.0. The molecule has 6 nitrogen and oxygen atoms in total. The van der Waals surface area contributed by atoms with Gasteiger partial charge in [0.05, 0.1) is 5.25 Å². The predicted octanol–water partition coefficient (Wildman–Crippen LogP) is 3.54. The zero-order chi connectivity index (χ0) is 18.5. The van der Waals surface area contributed by atoms with Crippen LogP contribution >= 0.6 is 23.4 Å². The lowest BCUT2D eigenvalue weighted by Crippen LogP contribution is -2.40.